The summed E-state index contributed by atoms with van der Waals surface area (Å²) in [6.45, 7) is 0. The zero-order chi connectivity index (χ0) is 11.3. The second-order valence-corrected chi connectivity index (χ2v) is 4.99. The predicted octanol–water partition coefficient (Wildman–Crippen LogP) is 0.682. The van der Waals surface area contributed by atoms with Crippen LogP contribution in [0.5, 0.6) is 0 Å². The van der Waals surface area contributed by atoms with Crippen molar-refractivity contribution in [3.8, 4) is 0 Å². The molecule has 1 N–H and O–H groups in total. The van der Waals surface area contributed by atoms with Crippen molar-refractivity contribution >= 4 is 16.1 Å². The summed E-state index contributed by atoms with van der Waals surface area (Å²) in [5.74, 6) is -2.16. The Morgan fingerprint density at radius 2 is 1.87 bits per heavy atom. The van der Waals surface area contributed by atoms with Gasteiger partial charge in [-0.2, -0.15) is 13.3 Å². The maximum absolute atomic E-state index is 10.8. The maximum Gasteiger partial charge on any atom is 0.359 e. The minimum atomic E-state index is -4.33. The molecule has 0 aromatic rings. The van der Waals surface area contributed by atoms with Crippen molar-refractivity contribution in [3.05, 3.63) is 0 Å². The number of hydrogen-bond donors (Lipinski definition) is 1. The minimum absolute atomic E-state index is 0.149. The standard InChI is InChI=1S/C8H14O6S/c9-8(6-15(10,11)12)14-13-7-4-2-1-3-5-7/h7H,1-6H2,(H,10,11,12). The first-order chi connectivity index (χ1) is 6.97. The highest BCUT2D eigenvalue weighted by atomic mass is 32.2. The molecule has 88 valence electrons. The fourth-order valence-electron chi connectivity index (χ4n) is 1.46. The molecular weight excluding hydrogens is 224 g/mol. The molecule has 0 amide bonds. The summed E-state index contributed by atoms with van der Waals surface area (Å²) in [6.07, 6.45) is 4.63. The Morgan fingerprint density at radius 3 is 2.40 bits per heavy atom. The second-order valence-electron chi connectivity index (χ2n) is 3.54. The Kier molecular flexibility index (Phi) is 4.49. The first-order valence-electron chi connectivity index (χ1n) is 4.79. The number of carbonyl (C=O) groups is 1. The molecule has 0 radical (unpaired) electrons. The van der Waals surface area contributed by atoms with E-state index in [0.29, 0.717) is 0 Å². The van der Waals surface area contributed by atoms with E-state index in [1.54, 1.807) is 0 Å². The molecular formula is C8H14O6S. The van der Waals surface area contributed by atoms with Crippen molar-refractivity contribution < 1.29 is 27.5 Å². The molecule has 0 spiro atoms. The van der Waals surface area contributed by atoms with Crippen molar-refractivity contribution in [1.29, 1.82) is 0 Å². The van der Waals surface area contributed by atoms with Gasteiger partial charge in [0.05, 0.1) is 0 Å². The first kappa shape index (κ1) is 12.4. The Bertz CT molecular complexity index is 303. The third-order valence-corrected chi connectivity index (χ3v) is 2.73. The van der Waals surface area contributed by atoms with E-state index in [1.165, 1.54) is 0 Å². The average Bonchev–Trinajstić information content (AvgIpc) is 2.14. The van der Waals surface area contributed by atoms with E-state index in [2.05, 4.69) is 4.89 Å². The van der Waals surface area contributed by atoms with E-state index in [-0.39, 0.29) is 6.10 Å². The Hall–Kier alpha value is -0.660. The number of rotatable bonds is 4. The van der Waals surface area contributed by atoms with E-state index in [4.69, 9.17) is 9.44 Å². The molecule has 1 aliphatic rings. The lowest BCUT2D eigenvalue weighted by atomic mass is 9.98. The zero-order valence-corrected chi connectivity index (χ0v) is 9.03. The Labute approximate surface area is 88.2 Å². The van der Waals surface area contributed by atoms with Crippen LogP contribution in [0.4, 0.5) is 0 Å². The van der Waals surface area contributed by atoms with Crippen LogP contribution in [-0.4, -0.2) is 30.8 Å². The van der Waals surface area contributed by atoms with E-state index >= 15 is 0 Å². The maximum atomic E-state index is 10.8. The Balaban J connectivity index is 2.21. The lowest BCUT2D eigenvalue weighted by molar-refractivity contribution is -0.299. The van der Waals surface area contributed by atoms with Gasteiger partial charge in [-0.05, 0) is 12.8 Å². The van der Waals surface area contributed by atoms with E-state index < -0.39 is 21.8 Å². The van der Waals surface area contributed by atoms with Crippen molar-refractivity contribution in [1.82, 2.24) is 0 Å². The van der Waals surface area contributed by atoms with E-state index in [9.17, 15) is 13.2 Å². The van der Waals surface area contributed by atoms with Gasteiger partial charge in [0.1, 0.15) is 6.10 Å². The molecule has 0 saturated heterocycles. The summed E-state index contributed by atoms with van der Waals surface area (Å²) in [5, 5.41) is 0. The van der Waals surface area contributed by atoms with Gasteiger partial charge >= 0.3 is 5.97 Å². The van der Waals surface area contributed by atoms with Gasteiger partial charge in [0.25, 0.3) is 10.1 Å². The van der Waals surface area contributed by atoms with Crippen LogP contribution in [-0.2, 0) is 24.7 Å². The molecule has 0 unspecified atom stereocenters. The molecule has 1 rings (SSSR count). The van der Waals surface area contributed by atoms with Crippen molar-refractivity contribution in [3.63, 3.8) is 0 Å². The van der Waals surface area contributed by atoms with Gasteiger partial charge in [-0.3, -0.25) is 9.44 Å². The topological polar surface area (TPSA) is 89.9 Å². The summed E-state index contributed by atoms with van der Waals surface area (Å²) in [7, 11) is -4.33. The number of hydrogen-bond acceptors (Lipinski definition) is 5. The van der Waals surface area contributed by atoms with Gasteiger partial charge in [0.15, 0.2) is 5.75 Å². The third-order valence-electron chi connectivity index (χ3n) is 2.13. The fourth-order valence-corrected chi connectivity index (χ4v) is 1.80. The van der Waals surface area contributed by atoms with E-state index in [0.717, 1.165) is 32.1 Å². The van der Waals surface area contributed by atoms with Crippen molar-refractivity contribution in [2.24, 2.45) is 0 Å². The van der Waals surface area contributed by atoms with Crippen molar-refractivity contribution in [2.75, 3.05) is 5.75 Å². The average molecular weight is 238 g/mol. The quantitative estimate of drug-likeness (QED) is 0.440. The normalized spacial score (nSPS) is 18.7. The van der Waals surface area contributed by atoms with Crippen molar-refractivity contribution in [2.45, 2.75) is 38.2 Å². The van der Waals surface area contributed by atoms with Crippen LogP contribution < -0.4 is 0 Å². The highest BCUT2D eigenvalue weighted by Gasteiger charge is 2.19. The molecule has 0 bridgehead atoms. The summed E-state index contributed by atoms with van der Waals surface area (Å²) >= 11 is 0. The highest BCUT2D eigenvalue weighted by molar-refractivity contribution is 7.86. The lowest BCUT2D eigenvalue weighted by Crippen LogP contribution is -2.23. The Morgan fingerprint density at radius 1 is 1.27 bits per heavy atom. The van der Waals surface area contributed by atoms with Gasteiger partial charge in [-0.15, -0.1) is 0 Å². The van der Waals surface area contributed by atoms with Gasteiger partial charge in [-0.1, -0.05) is 19.3 Å². The zero-order valence-electron chi connectivity index (χ0n) is 8.22. The summed E-state index contributed by atoms with van der Waals surface area (Å²) in [4.78, 5) is 19.9. The molecule has 7 heteroatoms. The van der Waals surface area contributed by atoms with Crippen LogP contribution in [0.2, 0.25) is 0 Å². The monoisotopic (exact) mass is 238 g/mol. The smallest absolute Gasteiger partial charge is 0.297 e. The summed E-state index contributed by atoms with van der Waals surface area (Å²) in [6, 6.07) is 0. The van der Waals surface area contributed by atoms with Crippen LogP contribution in [0.3, 0.4) is 0 Å². The molecule has 0 aromatic carbocycles. The SMILES string of the molecule is O=C(CS(=O)(=O)O)OOC1CCCCC1. The molecule has 6 nitrogen and oxygen atoms in total. The fraction of sp³-hybridized carbons (Fsp3) is 0.875. The molecule has 0 aromatic heterocycles. The molecule has 0 aliphatic heterocycles. The molecule has 1 aliphatic carbocycles. The molecule has 0 heterocycles. The molecule has 15 heavy (non-hydrogen) atoms. The van der Waals surface area contributed by atoms with Gasteiger partial charge in [0, 0.05) is 0 Å². The minimum Gasteiger partial charge on any atom is -0.297 e. The van der Waals surface area contributed by atoms with Crippen LogP contribution >= 0.6 is 0 Å². The summed E-state index contributed by atoms with van der Waals surface area (Å²) in [5.41, 5.74) is 0. The molecule has 1 fully saturated rings. The summed E-state index contributed by atoms with van der Waals surface area (Å²) < 4.78 is 28.9. The third kappa shape index (κ3) is 5.71. The van der Waals surface area contributed by atoms with Gasteiger partial charge in [-0.25, -0.2) is 4.79 Å². The van der Waals surface area contributed by atoms with E-state index in [1.807, 2.05) is 0 Å². The van der Waals surface area contributed by atoms with Crippen LogP contribution in [0.15, 0.2) is 0 Å². The predicted molar refractivity (Wildman–Crippen MR) is 50.5 cm³/mol. The first-order valence-corrected chi connectivity index (χ1v) is 6.39. The second kappa shape index (κ2) is 5.43. The van der Waals surface area contributed by atoms with Crippen LogP contribution in [0.1, 0.15) is 32.1 Å². The molecule has 0 atom stereocenters. The lowest BCUT2D eigenvalue weighted by Gasteiger charge is -2.19. The largest absolute Gasteiger partial charge is 0.359 e. The number of carbonyl (C=O) groups excluding carboxylic acids is 1. The van der Waals surface area contributed by atoms with Crippen LogP contribution in [0.25, 0.3) is 0 Å². The van der Waals surface area contributed by atoms with Gasteiger partial charge < -0.3 is 0 Å². The molecule has 1 saturated carbocycles. The highest BCUT2D eigenvalue weighted by Crippen LogP contribution is 2.20. The van der Waals surface area contributed by atoms with Gasteiger partial charge in [0.2, 0.25) is 0 Å². The van der Waals surface area contributed by atoms with Crippen LogP contribution in [0, 0.1) is 0 Å².